The number of ether oxygens (including phenoxy) is 2. The molecule has 0 spiro atoms. The van der Waals surface area contributed by atoms with E-state index in [9.17, 15) is 4.79 Å². The van der Waals surface area contributed by atoms with Gasteiger partial charge >= 0.3 is 0 Å². The third-order valence-electron chi connectivity index (χ3n) is 5.08. The van der Waals surface area contributed by atoms with Crippen LogP contribution in [0, 0.1) is 5.92 Å². The average Bonchev–Trinajstić information content (AvgIpc) is 2.72. The Morgan fingerprint density at radius 1 is 1.18 bits per heavy atom. The van der Waals surface area contributed by atoms with Crippen molar-refractivity contribution in [1.29, 1.82) is 0 Å². The Balaban J connectivity index is 1.62. The van der Waals surface area contributed by atoms with E-state index in [2.05, 4.69) is 15.2 Å². The highest BCUT2D eigenvalue weighted by Gasteiger charge is 2.22. The average molecular weight is 392 g/mol. The van der Waals surface area contributed by atoms with Gasteiger partial charge in [-0.05, 0) is 63.0 Å². The number of primary amides is 1. The first-order chi connectivity index (χ1) is 13.5. The van der Waals surface area contributed by atoms with Crippen LogP contribution >= 0.6 is 0 Å². The van der Waals surface area contributed by atoms with Gasteiger partial charge in [0, 0.05) is 12.5 Å². The molecule has 5 N–H and O–H groups in total. The number of likely N-dealkylation sites (tertiary alicyclic amines) is 1. The Morgan fingerprint density at radius 2 is 1.89 bits per heavy atom. The molecule has 1 amide bonds. The topological polar surface area (TPSA) is 115 Å². The van der Waals surface area contributed by atoms with E-state index in [1.54, 1.807) is 14.2 Å². The molecule has 1 aliphatic heterocycles. The molecule has 2 rings (SSSR count). The number of nitrogens with one attached hydrogen (secondary N) is 1. The smallest absolute Gasteiger partial charge is 0.220 e. The van der Waals surface area contributed by atoms with E-state index in [-0.39, 0.29) is 11.8 Å². The minimum absolute atomic E-state index is 0.0552. The van der Waals surface area contributed by atoms with Crippen LogP contribution in [0.3, 0.4) is 0 Å². The number of carbonyl (C=O) groups is 1. The third-order valence-corrected chi connectivity index (χ3v) is 5.08. The van der Waals surface area contributed by atoms with Crippen molar-refractivity contribution >= 4 is 11.9 Å². The van der Waals surface area contributed by atoms with Gasteiger partial charge in [0.25, 0.3) is 0 Å². The van der Waals surface area contributed by atoms with Crippen LogP contribution < -0.4 is 26.3 Å². The van der Waals surface area contributed by atoms with Crippen LogP contribution in [-0.4, -0.2) is 57.2 Å². The number of amides is 1. The van der Waals surface area contributed by atoms with Gasteiger partial charge in [-0.2, -0.15) is 0 Å². The van der Waals surface area contributed by atoms with Gasteiger partial charge in [-0.3, -0.25) is 4.79 Å². The van der Waals surface area contributed by atoms with Gasteiger partial charge in [0.1, 0.15) is 0 Å². The molecule has 156 valence electrons. The van der Waals surface area contributed by atoms with Crippen molar-refractivity contribution in [2.75, 3.05) is 40.4 Å². The van der Waals surface area contributed by atoms with E-state index in [1.807, 2.05) is 18.2 Å². The first-order valence-electron chi connectivity index (χ1n) is 9.80. The van der Waals surface area contributed by atoms with Crippen LogP contribution in [-0.2, 0) is 11.3 Å². The number of rotatable bonds is 10. The largest absolute Gasteiger partial charge is 0.493 e. The molecule has 1 aromatic rings. The van der Waals surface area contributed by atoms with Crippen molar-refractivity contribution in [2.24, 2.45) is 22.4 Å². The second kappa shape index (κ2) is 11.4. The summed E-state index contributed by atoms with van der Waals surface area (Å²) in [4.78, 5) is 18.0. The van der Waals surface area contributed by atoms with E-state index in [4.69, 9.17) is 20.9 Å². The number of guanidine groups is 1. The Hall–Kier alpha value is -2.48. The fourth-order valence-corrected chi connectivity index (χ4v) is 3.33. The molecule has 0 saturated carbocycles. The summed E-state index contributed by atoms with van der Waals surface area (Å²) >= 11 is 0. The Bertz CT molecular complexity index is 657. The molecule has 0 bridgehead atoms. The molecule has 1 saturated heterocycles. The van der Waals surface area contributed by atoms with Gasteiger partial charge in [0.2, 0.25) is 5.91 Å². The van der Waals surface area contributed by atoms with Gasteiger partial charge in [0.05, 0.1) is 20.8 Å². The zero-order chi connectivity index (χ0) is 20.4. The number of hydrogen-bond donors (Lipinski definition) is 3. The lowest BCUT2D eigenvalue weighted by molar-refractivity contribution is -0.123. The minimum atomic E-state index is -0.160. The van der Waals surface area contributed by atoms with Crippen LogP contribution in [0.15, 0.2) is 23.2 Å². The molecule has 1 heterocycles. The van der Waals surface area contributed by atoms with Crippen LogP contribution in [0.5, 0.6) is 11.5 Å². The quantitative estimate of drug-likeness (QED) is 0.312. The first-order valence-corrected chi connectivity index (χ1v) is 9.80. The zero-order valence-corrected chi connectivity index (χ0v) is 16.9. The standard InChI is InChI=1S/C20H33N5O3/c1-27-17-6-5-15(13-18(17)28-2)14-24-20(22)23-9-3-4-10-25-11-7-16(8-12-25)19(21)26/h5-6,13,16H,3-4,7-12,14H2,1-2H3,(H2,21,26)(H3,22,23,24). The summed E-state index contributed by atoms with van der Waals surface area (Å²) in [5, 5.41) is 3.16. The molecule has 0 unspecified atom stereocenters. The minimum Gasteiger partial charge on any atom is -0.493 e. The van der Waals surface area contributed by atoms with Crippen molar-refractivity contribution in [1.82, 2.24) is 10.2 Å². The molecule has 0 aromatic heterocycles. The lowest BCUT2D eigenvalue weighted by Gasteiger charge is -2.30. The number of unbranched alkanes of at least 4 members (excludes halogenated alkanes) is 1. The van der Waals surface area contributed by atoms with E-state index in [0.717, 1.165) is 57.4 Å². The van der Waals surface area contributed by atoms with Crippen molar-refractivity contribution in [3.63, 3.8) is 0 Å². The first kappa shape index (κ1) is 21.8. The Morgan fingerprint density at radius 3 is 2.54 bits per heavy atom. The van der Waals surface area contributed by atoms with Crippen molar-refractivity contribution in [3.8, 4) is 11.5 Å². The second-order valence-electron chi connectivity index (χ2n) is 7.04. The molecule has 1 aromatic carbocycles. The molecule has 0 atom stereocenters. The number of benzene rings is 1. The maximum absolute atomic E-state index is 11.2. The van der Waals surface area contributed by atoms with Crippen LogP contribution in [0.25, 0.3) is 0 Å². The molecule has 0 radical (unpaired) electrons. The normalized spacial score (nSPS) is 16.0. The maximum Gasteiger partial charge on any atom is 0.220 e. The number of hydrogen-bond acceptors (Lipinski definition) is 5. The van der Waals surface area contributed by atoms with Crippen molar-refractivity contribution in [3.05, 3.63) is 23.8 Å². The van der Waals surface area contributed by atoms with E-state index >= 15 is 0 Å². The Labute approximate surface area is 167 Å². The third kappa shape index (κ3) is 6.92. The summed E-state index contributed by atoms with van der Waals surface area (Å²) in [6.45, 7) is 4.22. The summed E-state index contributed by atoms with van der Waals surface area (Å²) in [5.74, 6) is 1.71. The predicted molar refractivity (Wildman–Crippen MR) is 110 cm³/mol. The zero-order valence-electron chi connectivity index (χ0n) is 16.9. The number of piperidine rings is 1. The number of aliphatic imine (C=N–C) groups is 1. The van der Waals surface area contributed by atoms with Gasteiger partial charge < -0.3 is 31.2 Å². The fraction of sp³-hybridized carbons (Fsp3) is 0.600. The van der Waals surface area contributed by atoms with Gasteiger partial charge in [-0.15, -0.1) is 0 Å². The number of nitrogens with zero attached hydrogens (tertiary/aromatic N) is 2. The van der Waals surface area contributed by atoms with Crippen molar-refractivity contribution < 1.29 is 14.3 Å². The van der Waals surface area contributed by atoms with Gasteiger partial charge in [-0.25, -0.2) is 4.99 Å². The molecule has 8 nitrogen and oxygen atoms in total. The van der Waals surface area contributed by atoms with Crippen LogP contribution in [0.4, 0.5) is 0 Å². The highest BCUT2D eigenvalue weighted by Crippen LogP contribution is 2.27. The monoisotopic (exact) mass is 391 g/mol. The van der Waals surface area contributed by atoms with Crippen LogP contribution in [0.1, 0.15) is 31.2 Å². The van der Waals surface area contributed by atoms with E-state index < -0.39 is 0 Å². The highest BCUT2D eigenvalue weighted by molar-refractivity contribution is 5.77. The second-order valence-corrected chi connectivity index (χ2v) is 7.04. The lowest BCUT2D eigenvalue weighted by Crippen LogP contribution is -2.39. The maximum atomic E-state index is 11.2. The fourth-order valence-electron chi connectivity index (χ4n) is 3.33. The van der Waals surface area contributed by atoms with Crippen LogP contribution in [0.2, 0.25) is 0 Å². The molecule has 1 aliphatic rings. The summed E-state index contributed by atoms with van der Waals surface area (Å²) in [6, 6.07) is 5.70. The lowest BCUT2D eigenvalue weighted by atomic mass is 9.96. The van der Waals surface area contributed by atoms with E-state index in [0.29, 0.717) is 24.0 Å². The molecule has 28 heavy (non-hydrogen) atoms. The molecule has 8 heteroatoms. The summed E-state index contributed by atoms with van der Waals surface area (Å²) < 4.78 is 10.5. The van der Waals surface area contributed by atoms with Gasteiger partial charge in [-0.1, -0.05) is 6.07 Å². The number of carbonyl (C=O) groups excluding carboxylic acids is 1. The number of methoxy groups -OCH3 is 2. The SMILES string of the molecule is COc1ccc(CN=C(N)NCCCCN2CCC(C(N)=O)CC2)cc1OC. The molecular formula is C20H33N5O3. The molecule has 0 aliphatic carbocycles. The summed E-state index contributed by atoms with van der Waals surface area (Å²) in [5.41, 5.74) is 12.3. The molecule has 1 fully saturated rings. The number of nitrogens with two attached hydrogens (primary N) is 2. The van der Waals surface area contributed by atoms with Gasteiger partial charge in [0.15, 0.2) is 17.5 Å². The summed E-state index contributed by atoms with van der Waals surface area (Å²) in [7, 11) is 3.22. The summed E-state index contributed by atoms with van der Waals surface area (Å²) in [6.07, 6.45) is 3.85. The Kier molecular flexibility index (Phi) is 8.87. The van der Waals surface area contributed by atoms with E-state index in [1.165, 1.54) is 0 Å². The molecular weight excluding hydrogens is 358 g/mol. The highest BCUT2D eigenvalue weighted by atomic mass is 16.5. The van der Waals surface area contributed by atoms with Crippen molar-refractivity contribution in [2.45, 2.75) is 32.2 Å². The predicted octanol–water partition coefficient (Wildman–Crippen LogP) is 1.09.